The fourth-order valence-corrected chi connectivity index (χ4v) is 3.08. The summed E-state index contributed by atoms with van der Waals surface area (Å²) in [5, 5.41) is 2.89. The second-order valence-corrected chi connectivity index (χ2v) is 6.32. The molecule has 2 N–H and O–H groups in total. The van der Waals surface area contributed by atoms with Gasteiger partial charge in [-0.2, -0.15) is 4.98 Å². The molecule has 8 nitrogen and oxygen atoms in total. The number of aromatic nitrogens is 2. The molecule has 3 rings (SSSR count). The maximum atomic E-state index is 12.3. The van der Waals surface area contributed by atoms with Gasteiger partial charge < -0.3 is 24.5 Å². The molecule has 2 heterocycles. The van der Waals surface area contributed by atoms with Gasteiger partial charge >= 0.3 is 5.69 Å². The van der Waals surface area contributed by atoms with E-state index in [-0.39, 0.29) is 11.6 Å². The Morgan fingerprint density at radius 1 is 1.26 bits per heavy atom. The topological polar surface area (TPSA) is 103 Å². The molecular weight excluding hydrogens is 350 g/mol. The van der Waals surface area contributed by atoms with Crippen LogP contribution in [0.4, 0.5) is 0 Å². The van der Waals surface area contributed by atoms with Gasteiger partial charge in [-0.3, -0.25) is 4.79 Å². The van der Waals surface area contributed by atoms with Gasteiger partial charge in [-0.1, -0.05) is 0 Å². The summed E-state index contributed by atoms with van der Waals surface area (Å²) in [6.45, 7) is 4.90. The summed E-state index contributed by atoms with van der Waals surface area (Å²) in [7, 11) is 1.57. The van der Waals surface area contributed by atoms with Crippen molar-refractivity contribution in [3.05, 3.63) is 45.1 Å². The van der Waals surface area contributed by atoms with Crippen LogP contribution in [0.2, 0.25) is 0 Å². The molecule has 1 aliphatic rings. The Hall–Kier alpha value is -3.03. The lowest BCUT2D eigenvalue weighted by molar-refractivity contribution is -0.121. The largest absolute Gasteiger partial charge is 0.496 e. The van der Waals surface area contributed by atoms with Crippen LogP contribution in [0.25, 0.3) is 0 Å². The molecule has 0 saturated carbocycles. The normalized spacial score (nSPS) is 12.6. The minimum absolute atomic E-state index is 0.100. The highest BCUT2D eigenvalue weighted by atomic mass is 16.6. The molecule has 0 atom stereocenters. The van der Waals surface area contributed by atoms with Crippen molar-refractivity contribution in [1.82, 2.24) is 15.3 Å². The first-order valence-corrected chi connectivity index (χ1v) is 8.77. The van der Waals surface area contributed by atoms with Gasteiger partial charge in [-0.25, -0.2) is 4.79 Å². The number of aromatic amines is 1. The van der Waals surface area contributed by atoms with Crippen molar-refractivity contribution in [2.75, 3.05) is 20.3 Å². The maximum absolute atomic E-state index is 12.3. The maximum Gasteiger partial charge on any atom is 0.345 e. The lowest BCUT2D eigenvalue weighted by Crippen LogP contribution is -2.24. The van der Waals surface area contributed by atoms with Crippen LogP contribution >= 0.6 is 0 Å². The smallest absolute Gasteiger partial charge is 0.345 e. The van der Waals surface area contributed by atoms with Gasteiger partial charge in [-0.15, -0.1) is 0 Å². The summed E-state index contributed by atoms with van der Waals surface area (Å²) in [4.78, 5) is 30.2. The van der Waals surface area contributed by atoms with Crippen LogP contribution in [0.5, 0.6) is 17.2 Å². The number of hydrogen-bond donors (Lipinski definition) is 2. The van der Waals surface area contributed by atoms with E-state index >= 15 is 0 Å². The molecule has 1 amide bonds. The quantitative estimate of drug-likeness (QED) is 0.794. The minimum atomic E-state index is -0.371. The Balaban J connectivity index is 1.62. The molecule has 1 aromatic carbocycles. The molecule has 1 aromatic heterocycles. The third-order valence-electron chi connectivity index (χ3n) is 4.48. The van der Waals surface area contributed by atoms with E-state index in [0.29, 0.717) is 55.5 Å². The van der Waals surface area contributed by atoms with Crippen LogP contribution in [0.1, 0.15) is 28.9 Å². The molecule has 1 aliphatic heterocycles. The van der Waals surface area contributed by atoms with Crippen molar-refractivity contribution in [3.63, 3.8) is 0 Å². The monoisotopic (exact) mass is 373 g/mol. The van der Waals surface area contributed by atoms with Crippen LogP contribution in [-0.2, 0) is 17.8 Å². The van der Waals surface area contributed by atoms with Crippen molar-refractivity contribution < 1.29 is 19.0 Å². The summed E-state index contributed by atoms with van der Waals surface area (Å²) in [6, 6.07) is 3.60. The number of ether oxygens (including phenoxy) is 3. The predicted molar refractivity (Wildman–Crippen MR) is 98.5 cm³/mol. The lowest BCUT2D eigenvalue weighted by Gasteiger charge is -2.21. The highest BCUT2D eigenvalue weighted by Gasteiger charge is 2.17. The lowest BCUT2D eigenvalue weighted by atomic mass is 10.1. The number of methoxy groups -OCH3 is 1. The van der Waals surface area contributed by atoms with Gasteiger partial charge in [-0.05, 0) is 31.9 Å². The number of rotatable bonds is 6. The third kappa shape index (κ3) is 4.39. The van der Waals surface area contributed by atoms with Crippen LogP contribution in [0, 0.1) is 13.8 Å². The van der Waals surface area contributed by atoms with E-state index in [0.717, 1.165) is 16.8 Å². The molecule has 2 aromatic rings. The Morgan fingerprint density at radius 2 is 1.96 bits per heavy atom. The molecule has 0 spiro atoms. The van der Waals surface area contributed by atoms with Gasteiger partial charge in [0.1, 0.15) is 19.0 Å². The zero-order valence-corrected chi connectivity index (χ0v) is 15.7. The number of fused-ring (bicyclic) bond motifs is 1. The van der Waals surface area contributed by atoms with E-state index in [1.54, 1.807) is 20.1 Å². The van der Waals surface area contributed by atoms with Gasteiger partial charge in [0.25, 0.3) is 0 Å². The molecule has 0 aliphatic carbocycles. The van der Waals surface area contributed by atoms with Crippen molar-refractivity contribution in [1.29, 1.82) is 0 Å². The molecule has 0 radical (unpaired) electrons. The van der Waals surface area contributed by atoms with Crippen molar-refractivity contribution >= 4 is 5.91 Å². The molecule has 144 valence electrons. The number of hydrogen-bond acceptors (Lipinski definition) is 6. The number of nitrogens with one attached hydrogen (secondary N) is 2. The summed E-state index contributed by atoms with van der Waals surface area (Å²) >= 11 is 0. The Labute approximate surface area is 156 Å². The zero-order valence-electron chi connectivity index (χ0n) is 15.7. The molecule has 8 heteroatoms. The van der Waals surface area contributed by atoms with Crippen molar-refractivity contribution in [3.8, 4) is 17.2 Å². The molecule has 0 bridgehead atoms. The van der Waals surface area contributed by atoms with E-state index in [1.807, 2.05) is 13.0 Å². The van der Waals surface area contributed by atoms with Crippen LogP contribution in [0.3, 0.4) is 0 Å². The zero-order chi connectivity index (χ0) is 19.4. The summed E-state index contributed by atoms with van der Waals surface area (Å²) in [6.07, 6.45) is 0.799. The van der Waals surface area contributed by atoms with Crippen LogP contribution in [0.15, 0.2) is 16.9 Å². The van der Waals surface area contributed by atoms with E-state index in [9.17, 15) is 9.59 Å². The SMILES string of the molecule is COc1cc2c(cc1CNC(=O)CCc1c(C)nc(=O)[nH]c1C)OCCO2. The van der Waals surface area contributed by atoms with E-state index in [4.69, 9.17) is 14.2 Å². The summed E-state index contributed by atoms with van der Waals surface area (Å²) < 4.78 is 16.5. The molecular formula is C19H23N3O5. The van der Waals surface area contributed by atoms with E-state index < -0.39 is 0 Å². The van der Waals surface area contributed by atoms with Crippen LogP contribution in [-0.4, -0.2) is 36.2 Å². The first-order chi connectivity index (χ1) is 13.0. The van der Waals surface area contributed by atoms with Crippen molar-refractivity contribution in [2.24, 2.45) is 0 Å². The number of nitrogens with zero attached hydrogens (tertiary/aromatic N) is 1. The molecule has 27 heavy (non-hydrogen) atoms. The second-order valence-electron chi connectivity index (χ2n) is 6.32. The first-order valence-electron chi connectivity index (χ1n) is 8.77. The Kier molecular flexibility index (Phi) is 5.63. The Morgan fingerprint density at radius 3 is 2.63 bits per heavy atom. The number of H-pyrrole nitrogens is 1. The fourth-order valence-electron chi connectivity index (χ4n) is 3.08. The number of carbonyl (C=O) groups excluding carboxylic acids is 1. The average Bonchev–Trinajstić information content (AvgIpc) is 2.64. The summed E-state index contributed by atoms with van der Waals surface area (Å²) in [5.74, 6) is 1.83. The number of carbonyl (C=O) groups is 1. The van der Waals surface area contributed by atoms with E-state index in [1.165, 1.54) is 0 Å². The predicted octanol–water partition coefficient (Wildman–Crippen LogP) is 1.42. The molecule has 0 fully saturated rings. The third-order valence-corrected chi connectivity index (χ3v) is 4.48. The number of aryl methyl sites for hydroxylation is 2. The van der Waals surface area contributed by atoms with Crippen LogP contribution < -0.4 is 25.2 Å². The number of benzene rings is 1. The first kappa shape index (κ1) is 18.8. The molecule has 0 saturated heterocycles. The van der Waals surface area contributed by atoms with Crippen molar-refractivity contribution in [2.45, 2.75) is 33.2 Å². The van der Waals surface area contributed by atoms with E-state index in [2.05, 4.69) is 15.3 Å². The second kappa shape index (κ2) is 8.11. The fraction of sp³-hybridized carbons (Fsp3) is 0.421. The van der Waals surface area contributed by atoms with Gasteiger partial charge in [0.15, 0.2) is 11.5 Å². The van der Waals surface area contributed by atoms with Gasteiger partial charge in [0, 0.05) is 36.0 Å². The highest BCUT2D eigenvalue weighted by Crippen LogP contribution is 2.36. The minimum Gasteiger partial charge on any atom is -0.496 e. The standard InChI is InChI=1S/C19H23N3O5/c1-11-14(12(2)22-19(24)21-11)4-5-18(23)20-10-13-8-16-17(9-15(13)25-3)27-7-6-26-16/h8-9H,4-7,10H2,1-3H3,(H,20,23)(H,21,22,24). The van der Waals surface area contributed by atoms with Gasteiger partial charge in [0.05, 0.1) is 7.11 Å². The Bertz CT molecular complexity index is 881. The molecule has 0 unspecified atom stereocenters. The average molecular weight is 373 g/mol. The highest BCUT2D eigenvalue weighted by molar-refractivity contribution is 5.76. The number of amides is 1. The summed E-state index contributed by atoms with van der Waals surface area (Å²) in [5.41, 5.74) is 2.73. The van der Waals surface area contributed by atoms with Gasteiger partial charge in [0.2, 0.25) is 5.91 Å².